The maximum Gasteiger partial charge on any atom is 0.279 e. The van der Waals surface area contributed by atoms with Crippen LogP contribution in [-0.2, 0) is 0 Å². The van der Waals surface area contributed by atoms with Crippen LogP contribution in [0.1, 0.15) is 73.0 Å². The van der Waals surface area contributed by atoms with E-state index in [1.807, 2.05) is 13.8 Å². The molecule has 0 unspecified atom stereocenters. The van der Waals surface area contributed by atoms with Crippen molar-refractivity contribution in [3.63, 3.8) is 0 Å². The van der Waals surface area contributed by atoms with E-state index in [4.69, 9.17) is 4.52 Å². The number of carbonyl (C=O) groups is 1. The number of carbonyl (C=O) groups excluding carboxylic acids is 1. The van der Waals surface area contributed by atoms with Gasteiger partial charge in [-0.25, -0.2) is 8.78 Å². The molecule has 2 aromatic heterocycles. The highest BCUT2D eigenvalue weighted by molar-refractivity contribution is 5.92. The van der Waals surface area contributed by atoms with Gasteiger partial charge in [0.15, 0.2) is 11.5 Å². The number of aromatic nitrogens is 4. The third-order valence-corrected chi connectivity index (χ3v) is 3.81. The number of halogens is 2. The smallest absolute Gasteiger partial charge is 0.279 e. The summed E-state index contributed by atoms with van der Waals surface area (Å²) in [6.45, 7) is 4.38. The van der Waals surface area contributed by atoms with Crippen LogP contribution >= 0.6 is 0 Å². The Balaban J connectivity index is 1.81. The lowest BCUT2D eigenvalue weighted by Gasteiger charge is -2.20. The number of nitrogens with zero attached hydrogens (tertiary/aromatic N) is 4. The first kappa shape index (κ1) is 15.6. The van der Waals surface area contributed by atoms with Gasteiger partial charge in [0, 0.05) is 12.5 Å². The minimum atomic E-state index is -2.69. The number of alkyl halides is 2. The summed E-state index contributed by atoms with van der Waals surface area (Å²) < 4.78 is 30.4. The largest absolute Gasteiger partial charge is 0.339 e. The first-order valence-corrected chi connectivity index (χ1v) is 7.45. The van der Waals surface area contributed by atoms with Crippen molar-refractivity contribution in [2.45, 2.75) is 45.1 Å². The van der Waals surface area contributed by atoms with Crippen LogP contribution < -0.4 is 0 Å². The quantitative estimate of drug-likeness (QED) is 0.934. The minimum absolute atomic E-state index is 0.0280. The van der Waals surface area contributed by atoms with E-state index in [1.54, 1.807) is 4.90 Å². The Morgan fingerprint density at radius 2 is 2.26 bits per heavy atom. The molecule has 1 aliphatic rings. The molecule has 124 valence electrons. The van der Waals surface area contributed by atoms with Crippen LogP contribution in [-0.4, -0.2) is 37.7 Å². The number of likely N-dealkylation sites (tertiary alicyclic amines) is 1. The van der Waals surface area contributed by atoms with Crippen molar-refractivity contribution in [3.05, 3.63) is 29.2 Å². The van der Waals surface area contributed by atoms with Crippen molar-refractivity contribution in [1.82, 2.24) is 25.2 Å². The molecule has 1 fully saturated rings. The average Bonchev–Trinajstić information content (AvgIpc) is 3.24. The highest BCUT2D eigenvalue weighted by Gasteiger charge is 2.35. The van der Waals surface area contributed by atoms with Crippen molar-refractivity contribution in [3.8, 4) is 0 Å². The Bertz CT molecular complexity index is 697. The fourth-order valence-corrected chi connectivity index (χ4v) is 2.60. The lowest BCUT2D eigenvalue weighted by atomic mass is 10.2. The molecule has 23 heavy (non-hydrogen) atoms. The zero-order chi connectivity index (χ0) is 16.6. The van der Waals surface area contributed by atoms with Gasteiger partial charge in [-0.2, -0.15) is 10.1 Å². The van der Waals surface area contributed by atoms with Gasteiger partial charge in [-0.15, -0.1) is 0 Å². The second kappa shape index (κ2) is 6.05. The predicted octanol–water partition coefficient (Wildman–Crippen LogP) is 2.83. The molecule has 1 saturated heterocycles. The Hall–Kier alpha value is -2.32. The van der Waals surface area contributed by atoms with E-state index in [2.05, 4.69) is 20.3 Å². The van der Waals surface area contributed by atoms with Gasteiger partial charge < -0.3 is 9.42 Å². The van der Waals surface area contributed by atoms with E-state index in [9.17, 15) is 13.6 Å². The van der Waals surface area contributed by atoms with Crippen LogP contribution in [0.4, 0.5) is 8.78 Å². The van der Waals surface area contributed by atoms with E-state index in [0.717, 1.165) is 12.5 Å². The first-order valence-electron chi connectivity index (χ1n) is 7.45. The Morgan fingerprint density at radius 1 is 1.48 bits per heavy atom. The standard InChI is InChI=1S/C14H17F2N5O2/c1-7(2)13-17-12(20-23-13)10-4-3-5-21(10)14(22)9-6-8(11(15)16)18-19-9/h6-7,10-11H,3-5H2,1-2H3,(H,18,19)/t10-/m1/s1. The van der Waals surface area contributed by atoms with Gasteiger partial charge in [-0.05, 0) is 18.9 Å². The molecule has 0 aromatic carbocycles. The molecule has 0 bridgehead atoms. The second-order valence-corrected chi connectivity index (χ2v) is 5.81. The summed E-state index contributed by atoms with van der Waals surface area (Å²) in [4.78, 5) is 18.4. The molecule has 1 atom stereocenters. The SMILES string of the molecule is CC(C)c1nc([C@H]2CCCN2C(=O)c2cc(C(F)F)[nH]n2)no1. The van der Waals surface area contributed by atoms with Crippen molar-refractivity contribution in [1.29, 1.82) is 0 Å². The molecule has 3 rings (SSSR count). The summed E-state index contributed by atoms with van der Waals surface area (Å²) in [6, 6.07) is 0.767. The lowest BCUT2D eigenvalue weighted by molar-refractivity contribution is 0.0722. The summed E-state index contributed by atoms with van der Waals surface area (Å²) in [7, 11) is 0. The van der Waals surface area contributed by atoms with Gasteiger partial charge >= 0.3 is 0 Å². The molecule has 0 aliphatic carbocycles. The fourth-order valence-electron chi connectivity index (χ4n) is 2.60. The highest BCUT2D eigenvalue weighted by Crippen LogP contribution is 2.32. The van der Waals surface area contributed by atoms with Crippen molar-refractivity contribution in [2.24, 2.45) is 0 Å². The van der Waals surface area contributed by atoms with E-state index in [-0.39, 0.29) is 23.3 Å². The summed E-state index contributed by atoms with van der Waals surface area (Å²) in [6.07, 6.45) is -1.20. The van der Waals surface area contributed by atoms with Crippen LogP contribution in [0.2, 0.25) is 0 Å². The van der Waals surface area contributed by atoms with Crippen molar-refractivity contribution >= 4 is 5.91 Å². The topological polar surface area (TPSA) is 87.9 Å². The van der Waals surface area contributed by atoms with Crippen molar-refractivity contribution < 1.29 is 18.1 Å². The molecule has 0 radical (unpaired) electrons. The van der Waals surface area contributed by atoms with E-state index < -0.39 is 12.3 Å². The molecular formula is C14H17F2N5O2. The molecule has 9 heteroatoms. The van der Waals surface area contributed by atoms with Gasteiger partial charge in [0.05, 0.1) is 6.04 Å². The normalized spacial score (nSPS) is 18.3. The van der Waals surface area contributed by atoms with Crippen LogP contribution in [0.3, 0.4) is 0 Å². The third-order valence-electron chi connectivity index (χ3n) is 3.81. The van der Waals surface area contributed by atoms with Crippen LogP contribution in [0, 0.1) is 0 Å². The molecule has 1 N–H and O–H groups in total. The maximum absolute atomic E-state index is 12.6. The maximum atomic E-state index is 12.6. The van der Waals surface area contributed by atoms with Crippen LogP contribution in [0.25, 0.3) is 0 Å². The van der Waals surface area contributed by atoms with E-state index in [1.165, 1.54) is 0 Å². The number of aromatic amines is 1. The fraction of sp³-hybridized carbons (Fsp3) is 0.571. The lowest BCUT2D eigenvalue weighted by Crippen LogP contribution is -2.31. The average molecular weight is 325 g/mol. The van der Waals surface area contributed by atoms with Crippen molar-refractivity contribution in [2.75, 3.05) is 6.54 Å². The van der Waals surface area contributed by atoms with Gasteiger partial charge in [0.25, 0.3) is 12.3 Å². The zero-order valence-electron chi connectivity index (χ0n) is 12.8. The number of hydrogen-bond donors (Lipinski definition) is 1. The molecule has 1 aliphatic heterocycles. The number of H-pyrrole nitrogens is 1. The number of rotatable bonds is 4. The van der Waals surface area contributed by atoms with Gasteiger partial charge in [0.2, 0.25) is 5.89 Å². The van der Waals surface area contributed by atoms with E-state index in [0.29, 0.717) is 24.7 Å². The third kappa shape index (κ3) is 2.95. The number of hydrogen-bond acceptors (Lipinski definition) is 5. The molecule has 0 spiro atoms. The monoisotopic (exact) mass is 325 g/mol. The van der Waals surface area contributed by atoms with Gasteiger partial charge in [-0.1, -0.05) is 19.0 Å². The summed E-state index contributed by atoms with van der Waals surface area (Å²) in [5.41, 5.74) is -0.398. The molecule has 3 heterocycles. The molecular weight excluding hydrogens is 308 g/mol. The molecule has 2 aromatic rings. The van der Waals surface area contributed by atoms with Crippen LogP contribution in [0.15, 0.2) is 10.6 Å². The molecule has 0 saturated carbocycles. The number of amides is 1. The predicted molar refractivity (Wildman–Crippen MR) is 74.9 cm³/mol. The zero-order valence-corrected chi connectivity index (χ0v) is 12.8. The minimum Gasteiger partial charge on any atom is -0.339 e. The first-order chi connectivity index (χ1) is 11.0. The number of nitrogens with one attached hydrogen (secondary N) is 1. The van der Waals surface area contributed by atoms with Crippen LogP contribution in [0.5, 0.6) is 0 Å². The molecule has 1 amide bonds. The van der Waals surface area contributed by atoms with Gasteiger partial charge in [-0.3, -0.25) is 9.89 Å². The highest BCUT2D eigenvalue weighted by atomic mass is 19.3. The Kier molecular flexibility index (Phi) is 4.10. The summed E-state index contributed by atoms with van der Waals surface area (Å²) >= 11 is 0. The second-order valence-electron chi connectivity index (χ2n) is 5.81. The summed E-state index contributed by atoms with van der Waals surface area (Å²) in [5, 5.41) is 9.82. The van der Waals surface area contributed by atoms with E-state index >= 15 is 0 Å². The molecule has 7 nitrogen and oxygen atoms in total. The Morgan fingerprint density at radius 3 is 2.87 bits per heavy atom. The summed E-state index contributed by atoms with van der Waals surface area (Å²) in [5.74, 6) is 0.650. The Labute approximate surface area is 131 Å². The van der Waals surface area contributed by atoms with Gasteiger partial charge in [0.1, 0.15) is 5.69 Å².